The van der Waals surface area contributed by atoms with E-state index in [0.717, 1.165) is 10.9 Å². The zero-order valence-corrected chi connectivity index (χ0v) is 20.9. The second-order valence-corrected chi connectivity index (χ2v) is 12.1. The zero-order valence-electron chi connectivity index (χ0n) is 20.9. The molecule has 1 aliphatic heterocycles. The van der Waals surface area contributed by atoms with Crippen molar-refractivity contribution >= 4 is 22.5 Å². The van der Waals surface area contributed by atoms with E-state index in [4.69, 9.17) is 4.74 Å². The molecule has 1 aromatic heterocycles. The Labute approximate surface area is 200 Å². The SMILES string of the molecule is CC(C)c1ccc2[nH]c(=O)c(C3C4=C(CC(C)(C)CC4=O)OC4=C3C(=O)CC(C)(C)C4)cc2c1. The number of pyridine rings is 1. The van der Waals surface area contributed by atoms with Crippen LogP contribution in [0, 0.1) is 10.8 Å². The molecule has 5 rings (SSSR count). The summed E-state index contributed by atoms with van der Waals surface area (Å²) in [6.07, 6.45) is 1.96. The Morgan fingerprint density at radius 3 is 1.94 bits per heavy atom. The van der Waals surface area contributed by atoms with Gasteiger partial charge in [0.2, 0.25) is 0 Å². The van der Waals surface area contributed by atoms with Crippen molar-refractivity contribution in [3.63, 3.8) is 0 Å². The van der Waals surface area contributed by atoms with Crippen LogP contribution in [0.15, 0.2) is 51.7 Å². The lowest BCUT2D eigenvalue weighted by atomic mass is 9.65. The third kappa shape index (κ3) is 3.75. The molecular weight excluding hydrogens is 426 g/mol. The largest absolute Gasteiger partial charge is 0.465 e. The molecule has 3 aliphatic rings. The molecule has 5 heteroatoms. The molecule has 1 aromatic carbocycles. The Hall–Kier alpha value is -2.95. The zero-order chi connectivity index (χ0) is 24.6. The molecule has 0 spiro atoms. The van der Waals surface area contributed by atoms with Gasteiger partial charge in [0.15, 0.2) is 11.6 Å². The van der Waals surface area contributed by atoms with Gasteiger partial charge in [-0.05, 0) is 45.9 Å². The van der Waals surface area contributed by atoms with E-state index in [9.17, 15) is 14.4 Å². The minimum atomic E-state index is -0.679. The van der Waals surface area contributed by atoms with Gasteiger partial charge in [-0.2, -0.15) is 0 Å². The van der Waals surface area contributed by atoms with Crippen LogP contribution in [0.4, 0.5) is 0 Å². The van der Waals surface area contributed by atoms with Gasteiger partial charge in [-0.1, -0.05) is 47.6 Å². The standard InChI is InChI=1S/C29H33NO4/c1-15(2)16-7-8-19-17(9-16)10-18(27(33)30-19)24-25-20(31)11-28(3,4)13-22(25)34-23-14-29(5,6)12-21(32)26(23)24/h7-10,15,24H,11-14H2,1-6H3,(H,30,33). The van der Waals surface area contributed by atoms with E-state index in [2.05, 4.69) is 52.6 Å². The predicted octanol–water partition coefficient (Wildman–Crippen LogP) is 6.05. The quantitative estimate of drug-likeness (QED) is 0.593. The van der Waals surface area contributed by atoms with Gasteiger partial charge in [0.1, 0.15) is 11.5 Å². The van der Waals surface area contributed by atoms with Gasteiger partial charge >= 0.3 is 0 Å². The molecule has 2 aromatic rings. The summed E-state index contributed by atoms with van der Waals surface area (Å²) in [4.78, 5) is 43.4. The number of allylic oxidation sites excluding steroid dienone is 4. The molecule has 0 unspecified atom stereocenters. The maximum absolute atomic E-state index is 13.5. The minimum absolute atomic E-state index is 0.0316. The van der Waals surface area contributed by atoms with Crippen molar-refractivity contribution < 1.29 is 14.3 Å². The van der Waals surface area contributed by atoms with Crippen LogP contribution >= 0.6 is 0 Å². The molecule has 0 saturated carbocycles. The molecule has 34 heavy (non-hydrogen) atoms. The first-order chi connectivity index (χ1) is 15.8. The van der Waals surface area contributed by atoms with E-state index in [1.165, 1.54) is 5.56 Å². The van der Waals surface area contributed by atoms with Crippen molar-refractivity contribution in [3.8, 4) is 0 Å². The molecule has 2 heterocycles. The van der Waals surface area contributed by atoms with Crippen LogP contribution in [0.3, 0.4) is 0 Å². The number of H-pyrrole nitrogens is 1. The first-order valence-corrected chi connectivity index (χ1v) is 12.2. The average Bonchev–Trinajstić information content (AvgIpc) is 2.69. The Bertz CT molecular complexity index is 1310. The molecule has 0 radical (unpaired) electrons. The summed E-state index contributed by atoms with van der Waals surface area (Å²) in [6.45, 7) is 12.5. The van der Waals surface area contributed by atoms with Gasteiger partial charge in [-0.15, -0.1) is 0 Å². The number of hydrogen-bond donors (Lipinski definition) is 1. The number of ketones is 2. The van der Waals surface area contributed by atoms with Crippen LogP contribution in [0.5, 0.6) is 0 Å². The lowest BCUT2D eigenvalue weighted by molar-refractivity contribution is -0.120. The van der Waals surface area contributed by atoms with E-state index >= 15 is 0 Å². The maximum atomic E-state index is 13.5. The van der Waals surface area contributed by atoms with E-state index in [-0.39, 0.29) is 28.0 Å². The van der Waals surface area contributed by atoms with Crippen LogP contribution in [0.2, 0.25) is 0 Å². The number of nitrogens with one attached hydrogen (secondary N) is 1. The summed E-state index contributed by atoms with van der Waals surface area (Å²) in [5.74, 6) is 0.862. The van der Waals surface area contributed by atoms with E-state index in [0.29, 0.717) is 59.8 Å². The van der Waals surface area contributed by atoms with Crippen LogP contribution in [-0.2, 0) is 14.3 Å². The molecule has 0 saturated heterocycles. The number of Topliss-reactive ketones (excluding diaryl/α,β-unsaturated/α-hetero) is 2. The Balaban J connectivity index is 1.77. The van der Waals surface area contributed by atoms with Gasteiger partial charge in [-0.3, -0.25) is 14.4 Å². The van der Waals surface area contributed by atoms with Crippen molar-refractivity contribution in [2.75, 3.05) is 0 Å². The van der Waals surface area contributed by atoms with Gasteiger partial charge in [0.05, 0.1) is 5.92 Å². The highest BCUT2D eigenvalue weighted by molar-refractivity contribution is 6.06. The third-order valence-corrected chi connectivity index (χ3v) is 7.46. The fourth-order valence-electron chi connectivity index (χ4n) is 5.80. The molecule has 1 N–H and O–H groups in total. The molecule has 0 amide bonds. The number of aromatic nitrogens is 1. The van der Waals surface area contributed by atoms with Crippen LogP contribution in [-0.4, -0.2) is 16.6 Å². The molecule has 5 nitrogen and oxygen atoms in total. The number of carbonyl (C=O) groups is 2. The van der Waals surface area contributed by atoms with E-state index in [1.807, 2.05) is 18.2 Å². The third-order valence-electron chi connectivity index (χ3n) is 7.46. The van der Waals surface area contributed by atoms with Crippen molar-refractivity contribution in [1.29, 1.82) is 0 Å². The van der Waals surface area contributed by atoms with Crippen molar-refractivity contribution in [3.05, 3.63) is 68.4 Å². The summed E-state index contributed by atoms with van der Waals surface area (Å²) in [5.41, 5.74) is 2.66. The number of benzene rings is 1. The fraction of sp³-hybridized carbons (Fsp3) is 0.483. The lowest BCUT2D eigenvalue weighted by Crippen LogP contribution is -2.39. The minimum Gasteiger partial charge on any atom is -0.465 e. The first-order valence-electron chi connectivity index (χ1n) is 12.2. The van der Waals surface area contributed by atoms with Gasteiger partial charge in [0, 0.05) is 47.9 Å². The Morgan fingerprint density at radius 2 is 1.41 bits per heavy atom. The number of aromatic amines is 1. The van der Waals surface area contributed by atoms with Crippen LogP contribution < -0.4 is 5.56 Å². The molecule has 2 aliphatic carbocycles. The first kappa shape index (κ1) is 22.8. The number of rotatable bonds is 2. The fourth-order valence-corrected chi connectivity index (χ4v) is 5.80. The molecule has 0 bridgehead atoms. The Morgan fingerprint density at radius 1 is 0.853 bits per heavy atom. The smallest absolute Gasteiger partial charge is 0.252 e. The molecule has 0 atom stereocenters. The van der Waals surface area contributed by atoms with Gasteiger partial charge in [-0.25, -0.2) is 0 Å². The lowest BCUT2D eigenvalue weighted by Gasteiger charge is -2.42. The monoisotopic (exact) mass is 459 g/mol. The summed E-state index contributed by atoms with van der Waals surface area (Å²) in [7, 11) is 0. The second-order valence-electron chi connectivity index (χ2n) is 12.1. The average molecular weight is 460 g/mol. The van der Waals surface area contributed by atoms with Gasteiger partial charge < -0.3 is 9.72 Å². The van der Waals surface area contributed by atoms with Crippen LogP contribution in [0.1, 0.15) is 90.2 Å². The highest BCUT2D eigenvalue weighted by Crippen LogP contribution is 2.52. The highest BCUT2D eigenvalue weighted by Gasteiger charge is 2.48. The van der Waals surface area contributed by atoms with Crippen molar-refractivity contribution in [2.45, 2.75) is 79.1 Å². The normalized spacial score (nSPS) is 22.2. The summed E-state index contributed by atoms with van der Waals surface area (Å²) >= 11 is 0. The molecule has 178 valence electrons. The summed E-state index contributed by atoms with van der Waals surface area (Å²) in [5, 5.41) is 0.906. The van der Waals surface area contributed by atoms with Crippen molar-refractivity contribution in [2.24, 2.45) is 10.8 Å². The predicted molar refractivity (Wildman–Crippen MR) is 133 cm³/mol. The van der Waals surface area contributed by atoms with Crippen LogP contribution in [0.25, 0.3) is 10.9 Å². The summed E-state index contributed by atoms with van der Waals surface area (Å²) in [6, 6.07) is 7.92. The van der Waals surface area contributed by atoms with Crippen molar-refractivity contribution in [1.82, 2.24) is 4.98 Å². The molecule has 0 fully saturated rings. The number of fused-ring (bicyclic) bond motifs is 1. The number of hydrogen-bond acceptors (Lipinski definition) is 4. The Kier molecular flexibility index (Phi) is 5.05. The molecular formula is C29H33NO4. The second kappa shape index (κ2) is 7.53. The number of ether oxygens (including phenoxy) is 1. The highest BCUT2D eigenvalue weighted by atomic mass is 16.5. The van der Waals surface area contributed by atoms with E-state index in [1.54, 1.807) is 0 Å². The summed E-state index contributed by atoms with van der Waals surface area (Å²) < 4.78 is 6.34. The van der Waals surface area contributed by atoms with Gasteiger partial charge in [0.25, 0.3) is 5.56 Å². The van der Waals surface area contributed by atoms with E-state index < -0.39 is 5.92 Å². The number of carbonyl (C=O) groups excluding carboxylic acids is 2. The topological polar surface area (TPSA) is 76.2 Å². The maximum Gasteiger partial charge on any atom is 0.252 e.